The maximum Gasteiger partial charge on any atom is 0.156 e. The average molecular weight is 282 g/mol. The number of halogens is 1. The highest BCUT2D eigenvalue weighted by molar-refractivity contribution is 5.93. The molecule has 0 bridgehead atoms. The fourth-order valence-electron chi connectivity index (χ4n) is 2.25. The molecule has 3 N–H and O–H groups in total. The number of piperidine rings is 1. The number of aromatic nitrogens is 3. The number of H-pyrrole nitrogens is 1. The van der Waals surface area contributed by atoms with Gasteiger partial charge < -0.3 is 15.6 Å². The van der Waals surface area contributed by atoms with Gasteiger partial charge in [0.25, 0.3) is 0 Å². The average Bonchev–Trinajstić information content (AvgIpc) is 2.82. The van der Waals surface area contributed by atoms with Gasteiger partial charge in [-0.1, -0.05) is 0 Å². The van der Waals surface area contributed by atoms with Crippen LogP contribution in [0.25, 0.3) is 11.2 Å². The summed E-state index contributed by atoms with van der Waals surface area (Å²) in [6.07, 6.45) is 6.28. The number of anilines is 1. The molecular formula is C12H16ClN5O. The van der Waals surface area contributed by atoms with Crippen LogP contribution in [-0.2, 0) is 0 Å². The fourth-order valence-corrected chi connectivity index (χ4v) is 2.25. The molecule has 6 nitrogen and oxygen atoms in total. The quantitative estimate of drug-likeness (QED) is 0.740. The summed E-state index contributed by atoms with van der Waals surface area (Å²) in [5.74, 6) is 0.733. The number of carbonyl (C=O) groups is 1. The zero-order chi connectivity index (χ0) is 12.4. The molecule has 2 aromatic rings. The van der Waals surface area contributed by atoms with E-state index < -0.39 is 0 Å². The van der Waals surface area contributed by atoms with Crippen molar-refractivity contribution >= 4 is 35.7 Å². The van der Waals surface area contributed by atoms with Crippen LogP contribution < -0.4 is 10.6 Å². The second kappa shape index (κ2) is 5.99. The van der Waals surface area contributed by atoms with E-state index in [2.05, 4.69) is 25.6 Å². The molecule has 1 saturated heterocycles. The summed E-state index contributed by atoms with van der Waals surface area (Å²) in [7, 11) is 0. The predicted molar refractivity (Wildman–Crippen MR) is 76.0 cm³/mol. The molecule has 0 atom stereocenters. The lowest BCUT2D eigenvalue weighted by molar-refractivity contribution is 0.112. The smallest absolute Gasteiger partial charge is 0.156 e. The van der Waals surface area contributed by atoms with Gasteiger partial charge in [0.1, 0.15) is 11.3 Å². The van der Waals surface area contributed by atoms with Gasteiger partial charge >= 0.3 is 0 Å². The van der Waals surface area contributed by atoms with Gasteiger partial charge in [-0.3, -0.25) is 4.79 Å². The number of aldehydes is 1. The lowest BCUT2D eigenvalue weighted by atomic mass is 10.1. The van der Waals surface area contributed by atoms with E-state index in [4.69, 9.17) is 0 Å². The number of rotatable bonds is 3. The molecule has 1 aliphatic rings. The molecule has 0 unspecified atom stereocenters. The number of nitrogens with zero attached hydrogens (tertiary/aromatic N) is 2. The molecule has 1 aliphatic heterocycles. The third-order valence-corrected chi connectivity index (χ3v) is 3.23. The molecule has 19 heavy (non-hydrogen) atoms. The molecule has 0 radical (unpaired) electrons. The Morgan fingerprint density at radius 1 is 1.37 bits per heavy atom. The van der Waals surface area contributed by atoms with Gasteiger partial charge in [0.2, 0.25) is 0 Å². The largest absolute Gasteiger partial charge is 0.366 e. The van der Waals surface area contributed by atoms with Gasteiger partial charge in [-0.2, -0.15) is 0 Å². The van der Waals surface area contributed by atoms with E-state index in [-0.39, 0.29) is 12.4 Å². The number of hydrogen-bond acceptors (Lipinski definition) is 5. The van der Waals surface area contributed by atoms with Crippen LogP contribution in [0.2, 0.25) is 0 Å². The van der Waals surface area contributed by atoms with Gasteiger partial charge in [-0.25, -0.2) is 9.97 Å². The lowest BCUT2D eigenvalue weighted by Gasteiger charge is -2.23. The van der Waals surface area contributed by atoms with Crippen LogP contribution in [0.3, 0.4) is 0 Å². The van der Waals surface area contributed by atoms with Crippen molar-refractivity contribution in [2.45, 2.75) is 18.9 Å². The zero-order valence-electron chi connectivity index (χ0n) is 10.3. The number of aromatic amines is 1. The van der Waals surface area contributed by atoms with Gasteiger partial charge in [-0.05, 0) is 25.9 Å². The van der Waals surface area contributed by atoms with Crippen LogP contribution in [0.1, 0.15) is 23.2 Å². The Kier molecular flexibility index (Phi) is 4.34. The number of fused-ring (bicyclic) bond motifs is 1. The van der Waals surface area contributed by atoms with Crippen molar-refractivity contribution in [2.75, 3.05) is 18.4 Å². The monoisotopic (exact) mass is 281 g/mol. The van der Waals surface area contributed by atoms with E-state index in [1.54, 1.807) is 12.4 Å². The summed E-state index contributed by atoms with van der Waals surface area (Å²) in [6.45, 7) is 2.05. The molecule has 0 amide bonds. The van der Waals surface area contributed by atoms with Crippen LogP contribution >= 0.6 is 12.4 Å². The molecule has 0 aromatic carbocycles. The first-order chi connectivity index (χ1) is 8.86. The van der Waals surface area contributed by atoms with Gasteiger partial charge in [0, 0.05) is 12.2 Å². The van der Waals surface area contributed by atoms with Crippen molar-refractivity contribution in [2.24, 2.45) is 0 Å². The van der Waals surface area contributed by atoms with Gasteiger partial charge in [-0.15, -0.1) is 12.4 Å². The van der Waals surface area contributed by atoms with Crippen LogP contribution in [0.4, 0.5) is 5.82 Å². The molecule has 102 valence electrons. The minimum atomic E-state index is 0. The van der Waals surface area contributed by atoms with E-state index in [1.807, 2.05) is 0 Å². The van der Waals surface area contributed by atoms with E-state index in [1.165, 1.54) is 0 Å². The second-order valence-corrected chi connectivity index (χ2v) is 4.48. The third kappa shape index (κ3) is 2.85. The molecule has 0 spiro atoms. The maximum atomic E-state index is 10.9. The van der Waals surface area contributed by atoms with Crippen molar-refractivity contribution in [3.05, 3.63) is 18.0 Å². The third-order valence-electron chi connectivity index (χ3n) is 3.23. The molecule has 1 fully saturated rings. The number of carbonyl (C=O) groups excluding carboxylic acids is 1. The second-order valence-electron chi connectivity index (χ2n) is 4.48. The summed E-state index contributed by atoms with van der Waals surface area (Å²) in [6, 6.07) is 0.427. The Morgan fingerprint density at radius 3 is 2.89 bits per heavy atom. The normalized spacial score (nSPS) is 16.0. The van der Waals surface area contributed by atoms with Crippen LogP contribution in [0, 0.1) is 0 Å². The predicted octanol–water partition coefficient (Wildman–Crippen LogP) is 1.36. The first-order valence-electron chi connectivity index (χ1n) is 6.13. The highest BCUT2D eigenvalue weighted by Gasteiger charge is 2.14. The van der Waals surface area contributed by atoms with E-state index in [0.29, 0.717) is 22.8 Å². The minimum Gasteiger partial charge on any atom is -0.366 e. The molecule has 0 aliphatic carbocycles. The van der Waals surface area contributed by atoms with Crippen LogP contribution in [0.5, 0.6) is 0 Å². The van der Waals surface area contributed by atoms with E-state index in [0.717, 1.165) is 38.0 Å². The molecule has 0 saturated carbocycles. The van der Waals surface area contributed by atoms with Crippen LogP contribution in [-0.4, -0.2) is 40.4 Å². The van der Waals surface area contributed by atoms with Crippen LogP contribution in [0.15, 0.2) is 12.4 Å². The Balaban J connectivity index is 0.00000133. The van der Waals surface area contributed by atoms with E-state index >= 15 is 0 Å². The Labute approximate surface area is 116 Å². The number of hydrogen-bond donors (Lipinski definition) is 3. The Hall–Kier alpha value is -1.66. The minimum absolute atomic E-state index is 0. The summed E-state index contributed by atoms with van der Waals surface area (Å²) in [5.41, 5.74) is 1.82. The molecular weight excluding hydrogens is 266 g/mol. The molecule has 3 heterocycles. The highest BCUT2D eigenvalue weighted by atomic mass is 35.5. The molecule has 7 heteroatoms. The Bertz CT molecular complexity index is 564. The molecule has 3 rings (SSSR count). The Morgan fingerprint density at radius 2 is 2.16 bits per heavy atom. The van der Waals surface area contributed by atoms with Gasteiger partial charge in [0.05, 0.1) is 11.8 Å². The highest BCUT2D eigenvalue weighted by Crippen LogP contribution is 2.16. The first-order valence-corrected chi connectivity index (χ1v) is 6.13. The summed E-state index contributed by atoms with van der Waals surface area (Å²) >= 11 is 0. The standard InChI is InChI=1S/C12H15N5O.ClH/c18-7-8-5-14-12-11(8)17-10(6-15-12)16-9-1-3-13-4-2-9;/h5-7,9,13H,1-4H2,(H,14,15)(H,16,17);1H. The van der Waals surface area contributed by atoms with Crippen molar-refractivity contribution in [3.63, 3.8) is 0 Å². The molecule has 2 aromatic heterocycles. The van der Waals surface area contributed by atoms with Crippen molar-refractivity contribution in [3.8, 4) is 0 Å². The maximum absolute atomic E-state index is 10.9. The zero-order valence-corrected chi connectivity index (χ0v) is 11.2. The topological polar surface area (TPSA) is 82.7 Å². The van der Waals surface area contributed by atoms with Gasteiger partial charge in [0.15, 0.2) is 11.9 Å². The van der Waals surface area contributed by atoms with Crippen molar-refractivity contribution in [1.82, 2.24) is 20.3 Å². The van der Waals surface area contributed by atoms with E-state index in [9.17, 15) is 4.79 Å². The lowest BCUT2D eigenvalue weighted by Crippen LogP contribution is -2.35. The van der Waals surface area contributed by atoms with Crippen molar-refractivity contribution in [1.29, 1.82) is 0 Å². The fraction of sp³-hybridized carbons (Fsp3) is 0.417. The van der Waals surface area contributed by atoms with Crippen molar-refractivity contribution < 1.29 is 4.79 Å². The SMILES string of the molecule is Cl.O=Cc1c[nH]c2ncc(NC3CCNCC3)nc12. The number of nitrogens with one attached hydrogen (secondary N) is 3. The first kappa shape index (κ1) is 13.8. The summed E-state index contributed by atoms with van der Waals surface area (Å²) in [5, 5.41) is 6.69. The summed E-state index contributed by atoms with van der Waals surface area (Å²) < 4.78 is 0. The summed E-state index contributed by atoms with van der Waals surface area (Å²) in [4.78, 5) is 22.5.